The summed E-state index contributed by atoms with van der Waals surface area (Å²) in [5.41, 5.74) is 13.8. The minimum absolute atomic E-state index is 0.0922. The molecule has 2 aromatic heterocycles. The molecule has 0 saturated carbocycles. The average Bonchev–Trinajstić information content (AvgIpc) is 2.72. The number of fused-ring (bicyclic) bond motifs is 3. The Hall–Kier alpha value is -2.97. The molecule has 0 aliphatic carbocycles. The van der Waals surface area contributed by atoms with Gasteiger partial charge in [0.25, 0.3) is 0 Å². The molecule has 8 nitrogen and oxygen atoms in total. The van der Waals surface area contributed by atoms with E-state index in [0.717, 1.165) is 40.3 Å². The number of hydrogen-bond donors (Lipinski definition) is 4. The standard InChI is InChI=1S/C19H23N7O/c20-6-1-2-9-27-10-8-24-19-15-5-7-23-12-16(15)14-4-3-13(18(21)26-22)11-17(14)25-19/h3-5,7,11-12,21-22H,1-2,6,8-10,20H2,(H,24,25). The van der Waals surface area contributed by atoms with Crippen LogP contribution in [0.1, 0.15) is 18.4 Å². The van der Waals surface area contributed by atoms with Gasteiger partial charge in [-0.15, -0.1) is 5.11 Å². The van der Waals surface area contributed by atoms with Crippen molar-refractivity contribution < 1.29 is 4.74 Å². The van der Waals surface area contributed by atoms with Crippen LogP contribution in [0, 0.1) is 10.9 Å². The van der Waals surface area contributed by atoms with E-state index in [0.29, 0.717) is 31.9 Å². The van der Waals surface area contributed by atoms with Crippen LogP contribution in [0.25, 0.3) is 21.7 Å². The maximum absolute atomic E-state index is 7.74. The highest BCUT2D eigenvalue weighted by Crippen LogP contribution is 2.29. The molecule has 3 rings (SSSR count). The number of ether oxygens (including phenoxy) is 1. The highest BCUT2D eigenvalue weighted by molar-refractivity contribution is 6.11. The number of hydrogen-bond acceptors (Lipinski definition) is 7. The van der Waals surface area contributed by atoms with Gasteiger partial charge in [0.2, 0.25) is 0 Å². The summed E-state index contributed by atoms with van der Waals surface area (Å²) < 4.78 is 5.60. The van der Waals surface area contributed by atoms with Crippen molar-refractivity contribution in [2.45, 2.75) is 12.8 Å². The zero-order chi connectivity index (χ0) is 19.1. The number of aromatic nitrogens is 2. The van der Waals surface area contributed by atoms with Crippen LogP contribution in [-0.4, -0.2) is 42.1 Å². The number of anilines is 1. The van der Waals surface area contributed by atoms with Crippen LogP contribution in [0.3, 0.4) is 0 Å². The lowest BCUT2D eigenvalue weighted by molar-refractivity contribution is 0.140. The average molecular weight is 365 g/mol. The smallest absolute Gasteiger partial charge is 0.173 e. The third kappa shape index (κ3) is 4.42. The molecule has 0 saturated heterocycles. The number of unbranched alkanes of at least 4 members (excludes halogenated alkanes) is 1. The number of nitrogens with zero attached hydrogens (tertiary/aromatic N) is 3. The lowest BCUT2D eigenvalue weighted by Crippen LogP contribution is -2.12. The monoisotopic (exact) mass is 365 g/mol. The van der Waals surface area contributed by atoms with E-state index in [1.807, 2.05) is 18.3 Å². The van der Waals surface area contributed by atoms with E-state index in [1.165, 1.54) is 0 Å². The van der Waals surface area contributed by atoms with E-state index in [1.54, 1.807) is 18.3 Å². The summed E-state index contributed by atoms with van der Waals surface area (Å²) in [5.74, 6) is 0.655. The zero-order valence-electron chi connectivity index (χ0n) is 15.0. The third-order valence-corrected chi connectivity index (χ3v) is 4.26. The molecule has 27 heavy (non-hydrogen) atoms. The van der Waals surface area contributed by atoms with Gasteiger partial charge < -0.3 is 15.8 Å². The van der Waals surface area contributed by atoms with Gasteiger partial charge >= 0.3 is 0 Å². The Morgan fingerprint density at radius 2 is 2.04 bits per heavy atom. The van der Waals surface area contributed by atoms with Crippen LogP contribution >= 0.6 is 0 Å². The first-order valence-electron chi connectivity index (χ1n) is 8.90. The molecule has 0 aliphatic heterocycles. The molecular formula is C19H23N7O. The van der Waals surface area contributed by atoms with Crippen molar-refractivity contribution in [1.82, 2.24) is 9.97 Å². The largest absolute Gasteiger partial charge is 0.380 e. The minimum Gasteiger partial charge on any atom is -0.380 e. The highest BCUT2D eigenvalue weighted by Gasteiger charge is 2.10. The Morgan fingerprint density at radius 1 is 1.15 bits per heavy atom. The van der Waals surface area contributed by atoms with Gasteiger partial charge in [-0.25, -0.2) is 10.5 Å². The topological polar surface area (TPSA) is 133 Å². The number of nitrogens with two attached hydrogens (primary N) is 1. The van der Waals surface area contributed by atoms with Crippen molar-refractivity contribution in [1.29, 1.82) is 10.9 Å². The van der Waals surface area contributed by atoms with Crippen molar-refractivity contribution in [2.75, 3.05) is 31.6 Å². The fraction of sp³-hybridized carbons (Fsp3) is 0.316. The van der Waals surface area contributed by atoms with Crippen LogP contribution < -0.4 is 11.1 Å². The molecule has 3 aromatic rings. The maximum Gasteiger partial charge on any atom is 0.173 e. The molecule has 140 valence electrons. The Kier molecular flexibility index (Phi) is 6.35. The molecule has 2 heterocycles. The molecule has 0 spiro atoms. The SMILES string of the molecule is N=NC(=N)c1ccc2c(c1)nc(NCCOCCCCN)c1ccncc12. The summed E-state index contributed by atoms with van der Waals surface area (Å²) in [6.07, 6.45) is 5.50. The van der Waals surface area contributed by atoms with E-state index < -0.39 is 0 Å². The van der Waals surface area contributed by atoms with Gasteiger partial charge in [0.15, 0.2) is 5.84 Å². The van der Waals surface area contributed by atoms with Gasteiger partial charge in [-0.1, -0.05) is 12.1 Å². The van der Waals surface area contributed by atoms with Gasteiger partial charge in [-0.2, -0.15) is 0 Å². The summed E-state index contributed by atoms with van der Waals surface area (Å²) in [6.45, 7) is 2.61. The normalized spacial score (nSPS) is 11.0. The van der Waals surface area contributed by atoms with Gasteiger partial charge in [-0.05, 0) is 31.5 Å². The van der Waals surface area contributed by atoms with E-state index >= 15 is 0 Å². The van der Waals surface area contributed by atoms with Crippen molar-refractivity contribution in [2.24, 2.45) is 10.8 Å². The van der Waals surface area contributed by atoms with Gasteiger partial charge in [0.05, 0.1) is 12.1 Å². The molecule has 0 fully saturated rings. The van der Waals surface area contributed by atoms with Gasteiger partial charge in [0.1, 0.15) is 5.82 Å². The van der Waals surface area contributed by atoms with Crippen LogP contribution in [0.5, 0.6) is 0 Å². The van der Waals surface area contributed by atoms with Crippen molar-refractivity contribution in [3.05, 3.63) is 42.2 Å². The summed E-state index contributed by atoms with van der Waals surface area (Å²) in [7, 11) is 0. The van der Waals surface area contributed by atoms with Crippen LogP contribution in [0.15, 0.2) is 41.8 Å². The predicted molar refractivity (Wildman–Crippen MR) is 107 cm³/mol. The first-order valence-corrected chi connectivity index (χ1v) is 8.90. The fourth-order valence-electron chi connectivity index (χ4n) is 2.89. The van der Waals surface area contributed by atoms with Crippen molar-refractivity contribution in [3.63, 3.8) is 0 Å². The van der Waals surface area contributed by atoms with E-state index in [2.05, 4.69) is 15.4 Å². The second-order valence-electron chi connectivity index (χ2n) is 6.11. The molecule has 8 heteroatoms. The number of pyridine rings is 2. The lowest BCUT2D eigenvalue weighted by atomic mass is 10.1. The Morgan fingerprint density at radius 3 is 2.85 bits per heavy atom. The van der Waals surface area contributed by atoms with Crippen molar-refractivity contribution in [3.8, 4) is 0 Å². The van der Waals surface area contributed by atoms with Crippen LogP contribution in [0.4, 0.5) is 5.82 Å². The first-order chi connectivity index (χ1) is 13.2. The fourth-order valence-corrected chi connectivity index (χ4v) is 2.89. The molecule has 0 atom stereocenters. The third-order valence-electron chi connectivity index (χ3n) is 4.26. The minimum atomic E-state index is -0.0922. The van der Waals surface area contributed by atoms with Crippen LogP contribution in [0.2, 0.25) is 0 Å². The predicted octanol–water partition coefficient (Wildman–Crippen LogP) is 3.31. The Bertz CT molecular complexity index is 957. The van der Waals surface area contributed by atoms with E-state index in [4.69, 9.17) is 26.4 Å². The van der Waals surface area contributed by atoms with Gasteiger partial charge in [-0.3, -0.25) is 10.4 Å². The number of rotatable bonds is 9. The summed E-state index contributed by atoms with van der Waals surface area (Å²) in [4.78, 5) is 8.95. The molecule has 0 aliphatic rings. The van der Waals surface area contributed by atoms with E-state index in [9.17, 15) is 0 Å². The lowest BCUT2D eigenvalue weighted by Gasteiger charge is -2.12. The molecule has 0 unspecified atom stereocenters. The first kappa shape index (κ1) is 18.8. The molecule has 0 bridgehead atoms. The molecule has 1 aromatic carbocycles. The number of nitrogens with one attached hydrogen (secondary N) is 3. The Labute approximate surface area is 157 Å². The molecule has 5 N–H and O–H groups in total. The summed E-state index contributed by atoms with van der Waals surface area (Å²) >= 11 is 0. The number of benzene rings is 1. The second-order valence-corrected chi connectivity index (χ2v) is 6.11. The van der Waals surface area contributed by atoms with Crippen LogP contribution in [-0.2, 0) is 4.74 Å². The zero-order valence-corrected chi connectivity index (χ0v) is 15.0. The molecular weight excluding hydrogens is 342 g/mol. The second kappa shape index (κ2) is 9.11. The quantitative estimate of drug-likeness (QED) is 0.152. The highest BCUT2D eigenvalue weighted by atomic mass is 16.5. The Balaban J connectivity index is 1.84. The number of amidine groups is 1. The molecule has 0 amide bonds. The van der Waals surface area contributed by atoms with Gasteiger partial charge in [0, 0.05) is 47.3 Å². The van der Waals surface area contributed by atoms with E-state index in [-0.39, 0.29) is 5.84 Å². The van der Waals surface area contributed by atoms with Crippen molar-refractivity contribution >= 4 is 33.3 Å². The summed E-state index contributed by atoms with van der Waals surface area (Å²) in [5, 5.41) is 17.2. The molecule has 0 radical (unpaired) electrons. The maximum atomic E-state index is 7.74. The summed E-state index contributed by atoms with van der Waals surface area (Å²) in [6, 6.07) is 7.38.